The van der Waals surface area contributed by atoms with Crippen LogP contribution in [0.4, 0.5) is 0 Å². The van der Waals surface area contributed by atoms with Crippen molar-refractivity contribution in [2.24, 2.45) is 11.8 Å². The molecule has 0 heterocycles. The zero-order valence-electron chi connectivity index (χ0n) is 19.6. The Bertz CT molecular complexity index is 632. The second kappa shape index (κ2) is 16.3. The molecule has 32 heavy (non-hydrogen) atoms. The van der Waals surface area contributed by atoms with E-state index in [0.29, 0.717) is 49.7 Å². The third kappa shape index (κ3) is 11.5. The van der Waals surface area contributed by atoms with E-state index in [4.69, 9.17) is 14.6 Å². The lowest BCUT2D eigenvalue weighted by molar-refractivity contribution is -0.142. The summed E-state index contributed by atoms with van der Waals surface area (Å²) in [5, 5.41) is 29.7. The van der Waals surface area contributed by atoms with Crippen molar-refractivity contribution in [1.29, 1.82) is 0 Å². The summed E-state index contributed by atoms with van der Waals surface area (Å²) >= 11 is 1.48. The lowest BCUT2D eigenvalue weighted by atomic mass is 9.96. The Morgan fingerprint density at radius 3 is 2.66 bits per heavy atom. The highest BCUT2D eigenvalue weighted by Crippen LogP contribution is 2.41. The van der Waals surface area contributed by atoms with E-state index in [-0.39, 0.29) is 24.9 Å². The molecule has 0 unspecified atom stereocenters. The second-order valence-corrected chi connectivity index (χ2v) is 9.53. The van der Waals surface area contributed by atoms with Crippen LogP contribution < -0.4 is 0 Å². The van der Waals surface area contributed by atoms with E-state index in [2.05, 4.69) is 13.8 Å². The lowest BCUT2D eigenvalue weighted by Gasteiger charge is -2.17. The van der Waals surface area contributed by atoms with Gasteiger partial charge in [0, 0.05) is 36.0 Å². The van der Waals surface area contributed by atoms with E-state index in [1.807, 2.05) is 13.0 Å². The highest BCUT2D eigenvalue weighted by molar-refractivity contribution is 8.03. The number of hydrogen-bond acceptors (Lipinski definition) is 7. The number of ether oxygens (including phenoxy) is 2. The number of rotatable bonds is 17. The summed E-state index contributed by atoms with van der Waals surface area (Å²) in [5.41, 5.74) is 0. The molecule has 0 aromatic heterocycles. The maximum atomic E-state index is 12.0. The summed E-state index contributed by atoms with van der Waals surface area (Å²) in [6.45, 7) is 6.18. The van der Waals surface area contributed by atoms with E-state index in [9.17, 15) is 19.8 Å². The maximum Gasteiger partial charge on any atom is 0.329 e. The SMILES string of the molecule is CCCC[C@@H](C)C[C@H](O)/C=C/[C@@H]1C(SCCCOCC(=O)O)=C(OC(=O)CCC)C[C@H]1O. The number of carboxylic acids is 1. The number of carboxylic acid groups (broad SMARTS) is 1. The van der Waals surface area contributed by atoms with Crippen molar-refractivity contribution in [3.8, 4) is 0 Å². The number of aliphatic carboxylic acids is 1. The number of carbonyl (C=O) groups excluding carboxylic acids is 1. The molecule has 0 aromatic rings. The standard InChI is InChI=1S/C24H40O7S/c1-4-6-9-17(3)14-18(25)10-11-19-20(26)15-21(31-23(29)8-5-2)24(19)32-13-7-12-30-16-22(27)28/h10-11,17-20,25-26H,4-9,12-16H2,1-3H3,(H,27,28)/b11-10+/t17-,18-,19+,20-/m1/s1. The molecular formula is C24H40O7S. The average molecular weight is 473 g/mol. The van der Waals surface area contributed by atoms with Gasteiger partial charge in [0.1, 0.15) is 12.4 Å². The molecular weight excluding hydrogens is 432 g/mol. The van der Waals surface area contributed by atoms with Gasteiger partial charge in [0.2, 0.25) is 0 Å². The molecule has 7 nitrogen and oxygen atoms in total. The van der Waals surface area contributed by atoms with Crippen molar-refractivity contribution in [2.75, 3.05) is 19.0 Å². The van der Waals surface area contributed by atoms with Gasteiger partial charge in [-0.05, 0) is 25.2 Å². The van der Waals surface area contributed by atoms with Crippen LogP contribution in [0.5, 0.6) is 0 Å². The first kappa shape index (κ1) is 28.7. The molecule has 1 rings (SSSR count). The van der Waals surface area contributed by atoms with Crippen molar-refractivity contribution in [2.45, 2.75) is 84.3 Å². The predicted octanol–water partition coefficient (Wildman–Crippen LogP) is 4.28. The van der Waals surface area contributed by atoms with Crippen LogP contribution in [0.2, 0.25) is 0 Å². The summed E-state index contributed by atoms with van der Waals surface area (Å²) in [6.07, 6.45) is 8.17. The first-order valence-electron chi connectivity index (χ1n) is 11.7. The molecule has 184 valence electrons. The highest BCUT2D eigenvalue weighted by Gasteiger charge is 2.34. The van der Waals surface area contributed by atoms with Gasteiger partial charge in [0.25, 0.3) is 0 Å². The van der Waals surface area contributed by atoms with Gasteiger partial charge in [-0.15, -0.1) is 11.8 Å². The molecule has 1 aliphatic carbocycles. The van der Waals surface area contributed by atoms with E-state index in [1.165, 1.54) is 11.8 Å². The summed E-state index contributed by atoms with van der Waals surface area (Å²) in [7, 11) is 0. The molecule has 0 amide bonds. The Labute approximate surface area is 196 Å². The highest BCUT2D eigenvalue weighted by atomic mass is 32.2. The molecule has 0 aromatic carbocycles. The predicted molar refractivity (Wildman–Crippen MR) is 126 cm³/mol. The molecule has 3 N–H and O–H groups in total. The quantitative estimate of drug-likeness (QED) is 0.163. The van der Waals surface area contributed by atoms with Crippen LogP contribution in [0.1, 0.15) is 72.1 Å². The fraction of sp³-hybridized carbons (Fsp3) is 0.750. The molecule has 8 heteroatoms. The molecule has 0 spiro atoms. The van der Waals surface area contributed by atoms with Gasteiger partial charge in [-0.1, -0.05) is 52.2 Å². The van der Waals surface area contributed by atoms with Crippen LogP contribution in [0, 0.1) is 11.8 Å². The van der Waals surface area contributed by atoms with Gasteiger partial charge in [-0.25, -0.2) is 4.79 Å². The molecule has 0 bridgehead atoms. The number of aliphatic hydroxyl groups excluding tert-OH is 2. The molecule has 0 fully saturated rings. The molecule has 0 saturated heterocycles. The smallest absolute Gasteiger partial charge is 0.329 e. The van der Waals surface area contributed by atoms with Crippen molar-refractivity contribution < 1.29 is 34.4 Å². The van der Waals surface area contributed by atoms with Crippen molar-refractivity contribution in [3.63, 3.8) is 0 Å². The molecule has 0 saturated carbocycles. The fourth-order valence-electron chi connectivity index (χ4n) is 3.57. The number of hydrogen-bond donors (Lipinski definition) is 3. The Kier molecular flexibility index (Phi) is 14.6. The molecule has 4 atom stereocenters. The van der Waals surface area contributed by atoms with Crippen LogP contribution in [0.25, 0.3) is 0 Å². The number of esters is 1. The van der Waals surface area contributed by atoms with Crippen LogP contribution in [-0.4, -0.2) is 58.4 Å². The van der Waals surface area contributed by atoms with E-state index in [1.54, 1.807) is 6.08 Å². The van der Waals surface area contributed by atoms with Gasteiger partial charge in [0.15, 0.2) is 0 Å². The van der Waals surface area contributed by atoms with Gasteiger partial charge in [-0.2, -0.15) is 0 Å². The largest absolute Gasteiger partial charge is 0.480 e. The maximum absolute atomic E-state index is 12.0. The second-order valence-electron chi connectivity index (χ2n) is 8.39. The summed E-state index contributed by atoms with van der Waals surface area (Å²) in [5.74, 6) is -0.108. The topological polar surface area (TPSA) is 113 Å². The van der Waals surface area contributed by atoms with E-state index < -0.39 is 18.2 Å². The number of aliphatic hydroxyl groups is 2. The summed E-state index contributed by atoms with van der Waals surface area (Å²) < 4.78 is 10.6. The van der Waals surface area contributed by atoms with Crippen molar-refractivity contribution in [1.82, 2.24) is 0 Å². The molecule has 0 aliphatic heterocycles. The van der Waals surface area contributed by atoms with Crippen LogP contribution >= 0.6 is 11.8 Å². The zero-order valence-corrected chi connectivity index (χ0v) is 20.4. The minimum Gasteiger partial charge on any atom is -0.480 e. The van der Waals surface area contributed by atoms with Gasteiger partial charge in [-0.3, -0.25) is 4.79 Å². The number of carbonyl (C=O) groups is 2. The van der Waals surface area contributed by atoms with Crippen LogP contribution in [0.3, 0.4) is 0 Å². The first-order valence-corrected chi connectivity index (χ1v) is 12.7. The van der Waals surface area contributed by atoms with Gasteiger partial charge >= 0.3 is 11.9 Å². The normalized spacial score (nSPS) is 20.7. The van der Waals surface area contributed by atoms with E-state index in [0.717, 1.165) is 24.2 Å². The third-order valence-electron chi connectivity index (χ3n) is 5.23. The van der Waals surface area contributed by atoms with Crippen LogP contribution in [0.15, 0.2) is 22.8 Å². The minimum atomic E-state index is -1.00. The Morgan fingerprint density at radius 1 is 1.25 bits per heavy atom. The Balaban J connectivity index is 2.77. The summed E-state index contributed by atoms with van der Waals surface area (Å²) in [6, 6.07) is 0. The molecule has 1 aliphatic rings. The average Bonchev–Trinajstić information content (AvgIpc) is 3.01. The lowest BCUT2D eigenvalue weighted by Crippen LogP contribution is -2.15. The first-order chi connectivity index (χ1) is 15.3. The van der Waals surface area contributed by atoms with Gasteiger partial charge < -0.3 is 24.8 Å². The van der Waals surface area contributed by atoms with Gasteiger partial charge in [0.05, 0.1) is 12.2 Å². The monoisotopic (exact) mass is 472 g/mol. The van der Waals surface area contributed by atoms with Crippen LogP contribution in [-0.2, 0) is 19.1 Å². The van der Waals surface area contributed by atoms with E-state index >= 15 is 0 Å². The Morgan fingerprint density at radius 2 is 2.00 bits per heavy atom. The minimum absolute atomic E-state index is 0.255. The van der Waals surface area contributed by atoms with Crippen molar-refractivity contribution >= 4 is 23.7 Å². The van der Waals surface area contributed by atoms with Crippen molar-refractivity contribution in [3.05, 3.63) is 22.8 Å². The third-order valence-corrected chi connectivity index (χ3v) is 6.53. The zero-order chi connectivity index (χ0) is 23.9. The Hall–Kier alpha value is -1.35. The number of thioether (sulfide) groups is 1. The fourth-order valence-corrected chi connectivity index (χ4v) is 4.76. The summed E-state index contributed by atoms with van der Waals surface area (Å²) in [4.78, 5) is 23.3. The molecule has 0 radical (unpaired) electrons. The number of unbranched alkanes of at least 4 members (excludes halogenated alkanes) is 1.